The summed E-state index contributed by atoms with van der Waals surface area (Å²) in [6.07, 6.45) is 1.37. The van der Waals surface area contributed by atoms with Gasteiger partial charge in [0.2, 0.25) is 0 Å². The molecular formula is C13H19N5O2S. The molecule has 0 radical (unpaired) electrons. The summed E-state index contributed by atoms with van der Waals surface area (Å²) in [5, 5.41) is 3.85. The number of aryl methyl sites for hydroxylation is 2. The van der Waals surface area contributed by atoms with Crippen molar-refractivity contribution in [2.45, 2.75) is 11.8 Å². The van der Waals surface area contributed by atoms with Gasteiger partial charge in [0.25, 0.3) is 10.0 Å². The maximum atomic E-state index is 12.3. The fourth-order valence-electron chi connectivity index (χ4n) is 2.06. The highest BCUT2D eigenvalue weighted by atomic mass is 32.2. The Labute approximate surface area is 124 Å². The molecule has 114 valence electrons. The number of sulfonamides is 1. The molecule has 0 aliphatic carbocycles. The first-order valence-electron chi connectivity index (χ1n) is 6.30. The normalized spacial score (nSPS) is 11.4. The van der Waals surface area contributed by atoms with Crippen molar-refractivity contribution in [1.29, 1.82) is 0 Å². The van der Waals surface area contributed by atoms with Crippen LogP contribution in [-0.2, 0) is 17.1 Å². The molecule has 2 rings (SSSR count). The molecule has 0 aliphatic heterocycles. The monoisotopic (exact) mass is 309 g/mol. The Morgan fingerprint density at radius 2 is 2.00 bits per heavy atom. The van der Waals surface area contributed by atoms with Crippen LogP contribution in [0.3, 0.4) is 0 Å². The fraction of sp³-hybridized carbons (Fsp3) is 0.308. The van der Waals surface area contributed by atoms with Gasteiger partial charge in [-0.15, -0.1) is 0 Å². The maximum Gasteiger partial charge on any atom is 0.267 e. The van der Waals surface area contributed by atoms with Gasteiger partial charge in [0.1, 0.15) is 4.90 Å². The van der Waals surface area contributed by atoms with Crippen molar-refractivity contribution < 1.29 is 8.42 Å². The Morgan fingerprint density at radius 3 is 2.52 bits per heavy atom. The van der Waals surface area contributed by atoms with Crippen molar-refractivity contribution in [3.63, 3.8) is 0 Å². The van der Waals surface area contributed by atoms with E-state index in [4.69, 9.17) is 5.73 Å². The van der Waals surface area contributed by atoms with Crippen molar-refractivity contribution >= 4 is 27.2 Å². The van der Waals surface area contributed by atoms with Gasteiger partial charge in [0.05, 0.1) is 5.69 Å². The minimum absolute atomic E-state index is 0.0232. The lowest BCUT2D eigenvalue weighted by Crippen LogP contribution is -2.15. The first kappa shape index (κ1) is 15.2. The van der Waals surface area contributed by atoms with Crippen LogP contribution in [0.4, 0.5) is 17.2 Å². The van der Waals surface area contributed by atoms with E-state index >= 15 is 0 Å². The number of aromatic nitrogens is 2. The molecule has 0 saturated heterocycles. The van der Waals surface area contributed by atoms with E-state index in [1.54, 1.807) is 19.2 Å². The second-order valence-electron chi connectivity index (χ2n) is 5.05. The number of anilines is 3. The molecule has 0 amide bonds. The lowest BCUT2D eigenvalue weighted by Gasteiger charge is -2.17. The van der Waals surface area contributed by atoms with E-state index < -0.39 is 10.0 Å². The van der Waals surface area contributed by atoms with Gasteiger partial charge in [0, 0.05) is 33.0 Å². The molecule has 0 atom stereocenters. The highest BCUT2D eigenvalue weighted by Gasteiger charge is 2.21. The van der Waals surface area contributed by atoms with Gasteiger partial charge < -0.3 is 10.6 Å². The van der Waals surface area contributed by atoms with Crippen LogP contribution in [0.1, 0.15) is 5.56 Å². The topological polar surface area (TPSA) is 93.2 Å². The SMILES string of the molecule is Cc1ccc(NS(=O)(=O)c2cn(C)nc2N)cc1N(C)C. The van der Waals surface area contributed by atoms with Gasteiger partial charge in [-0.1, -0.05) is 6.07 Å². The largest absolute Gasteiger partial charge is 0.381 e. The van der Waals surface area contributed by atoms with Crippen molar-refractivity contribution in [1.82, 2.24) is 9.78 Å². The summed E-state index contributed by atoms with van der Waals surface area (Å²) >= 11 is 0. The molecule has 1 aromatic carbocycles. The third-order valence-electron chi connectivity index (χ3n) is 3.05. The summed E-state index contributed by atoms with van der Waals surface area (Å²) < 4.78 is 28.6. The van der Waals surface area contributed by atoms with Crippen LogP contribution in [0.25, 0.3) is 0 Å². The average Bonchev–Trinajstić information content (AvgIpc) is 2.71. The molecule has 0 bridgehead atoms. The predicted octanol–water partition coefficient (Wildman–Crippen LogP) is 1.18. The summed E-state index contributed by atoms with van der Waals surface area (Å²) in [7, 11) is 1.67. The van der Waals surface area contributed by atoms with E-state index in [1.807, 2.05) is 32.0 Å². The molecule has 0 fully saturated rings. The first-order chi connectivity index (χ1) is 9.70. The quantitative estimate of drug-likeness (QED) is 0.884. The Hall–Kier alpha value is -2.22. The lowest BCUT2D eigenvalue weighted by molar-refractivity contribution is 0.601. The zero-order chi connectivity index (χ0) is 15.8. The molecular weight excluding hydrogens is 290 g/mol. The Bertz CT molecular complexity index is 765. The molecule has 1 aromatic heterocycles. The summed E-state index contributed by atoms with van der Waals surface area (Å²) in [6, 6.07) is 5.35. The smallest absolute Gasteiger partial charge is 0.267 e. The van der Waals surface area contributed by atoms with Crippen molar-refractivity contribution in [3.8, 4) is 0 Å². The standard InChI is InChI=1S/C13H19N5O2S/c1-9-5-6-10(7-11(9)17(2)3)16-21(19,20)12-8-18(4)15-13(12)14/h5-8,16H,1-4H3,(H2,14,15). The van der Waals surface area contributed by atoms with Gasteiger partial charge in [-0.25, -0.2) is 8.42 Å². The number of rotatable bonds is 4. The minimum Gasteiger partial charge on any atom is -0.381 e. The number of nitrogens with two attached hydrogens (primary N) is 1. The summed E-state index contributed by atoms with van der Waals surface area (Å²) in [5.41, 5.74) is 8.10. The van der Waals surface area contributed by atoms with Gasteiger partial charge in [-0.05, 0) is 24.6 Å². The second-order valence-corrected chi connectivity index (χ2v) is 6.70. The number of nitrogen functional groups attached to an aromatic ring is 1. The van der Waals surface area contributed by atoms with Crippen LogP contribution in [0.2, 0.25) is 0 Å². The molecule has 0 spiro atoms. The predicted molar refractivity (Wildman–Crippen MR) is 83.9 cm³/mol. The molecule has 0 unspecified atom stereocenters. The third kappa shape index (κ3) is 3.10. The summed E-state index contributed by atoms with van der Waals surface area (Å²) in [6.45, 7) is 1.96. The second kappa shape index (κ2) is 5.28. The molecule has 0 aliphatic rings. The van der Waals surface area contributed by atoms with Crippen molar-refractivity contribution in [2.24, 2.45) is 7.05 Å². The molecule has 7 nitrogen and oxygen atoms in total. The van der Waals surface area contributed by atoms with Crippen LogP contribution in [-0.4, -0.2) is 32.3 Å². The molecule has 8 heteroatoms. The van der Waals surface area contributed by atoms with Crippen LogP contribution >= 0.6 is 0 Å². The molecule has 21 heavy (non-hydrogen) atoms. The van der Waals surface area contributed by atoms with Gasteiger partial charge in [-0.2, -0.15) is 5.10 Å². The summed E-state index contributed by atoms with van der Waals surface area (Å²) in [4.78, 5) is 1.89. The Balaban J connectivity index is 2.37. The zero-order valence-corrected chi connectivity index (χ0v) is 13.3. The van der Waals surface area contributed by atoms with Crippen LogP contribution in [0.5, 0.6) is 0 Å². The molecule has 0 saturated carbocycles. The molecule has 2 aromatic rings. The number of hydrogen-bond donors (Lipinski definition) is 2. The fourth-order valence-corrected chi connectivity index (χ4v) is 3.21. The number of hydrogen-bond acceptors (Lipinski definition) is 5. The number of nitrogens with zero attached hydrogens (tertiary/aromatic N) is 3. The van der Waals surface area contributed by atoms with Crippen molar-refractivity contribution in [3.05, 3.63) is 30.0 Å². The van der Waals surface area contributed by atoms with E-state index in [-0.39, 0.29) is 10.7 Å². The Morgan fingerprint density at radius 1 is 1.33 bits per heavy atom. The van der Waals surface area contributed by atoms with Crippen molar-refractivity contribution in [2.75, 3.05) is 29.5 Å². The molecule has 3 N–H and O–H groups in total. The molecule has 1 heterocycles. The van der Waals surface area contributed by atoms with Crippen LogP contribution in [0, 0.1) is 6.92 Å². The van der Waals surface area contributed by atoms with Gasteiger partial charge in [0.15, 0.2) is 5.82 Å². The first-order valence-corrected chi connectivity index (χ1v) is 7.79. The minimum atomic E-state index is -3.76. The van der Waals surface area contributed by atoms with E-state index in [0.29, 0.717) is 5.69 Å². The van der Waals surface area contributed by atoms with E-state index in [2.05, 4.69) is 9.82 Å². The maximum absolute atomic E-state index is 12.3. The number of benzene rings is 1. The van der Waals surface area contributed by atoms with Gasteiger partial charge in [-0.3, -0.25) is 9.40 Å². The van der Waals surface area contributed by atoms with E-state index in [9.17, 15) is 8.42 Å². The highest BCUT2D eigenvalue weighted by molar-refractivity contribution is 7.92. The average molecular weight is 309 g/mol. The highest BCUT2D eigenvalue weighted by Crippen LogP contribution is 2.25. The third-order valence-corrected chi connectivity index (χ3v) is 4.45. The summed E-state index contributed by atoms with van der Waals surface area (Å²) in [5.74, 6) is -0.0232. The van der Waals surface area contributed by atoms with Crippen LogP contribution in [0.15, 0.2) is 29.3 Å². The van der Waals surface area contributed by atoms with Gasteiger partial charge >= 0.3 is 0 Å². The Kier molecular flexibility index (Phi) is 3.82. The number of nitrogens with one attached hydrogen (secondary N) is 1. The van der Waals surface area contributed by atoms with E-state index in [1.165, 1.54) is 10.9 Å². The lowest BCUT2D eigenvalue weighted by atomic mass is 10.2. The van der Waals surface area contributed by atoms with Crippen LogP contribution < -0.4 is 15.4 Å². The zero-order valence-electron chi connectivity index (χ0n) is 12.5. The van der Waals surface area contributed by atoms with E-state index in [0.717, 1.165) is 11.3 Å².